The molecular formula is C23H26N4O. The van der Waals surface area contributed by atoms with Gasteiger partial charge in [0.25, 0.3) is 5.91 Å². The summed E-state index contributed by atoms with van der Waals surface area (Å²) in [4.78, 5) is 19.6. The van der Waals surface area contributed by atoms with Crippen LogP contribution >= 0.6 is 0 Å². The molecule has 5 heteroatoms. The fourth-order valence-electron chi connectivity index (χ4n) is 3.78. The second-order valence-corrected chi connectivity index (χ2v) is 7.48. The van der Waals surface area contributed by atoms with Crippen molar-refractivity contribution in [2.45, 2.75) is 32.7 Å². The second kappa shape index (κ2) is 8.40. The molecule has 1 saturated heterocycles. The fraction of sp³-hybridized carbons (Fsp3) is 0.304. The number of carbonyl (C=O) groups excluding carboxylic acids is 1. The van der Waals surface area contributed by atoms with E-state index < -0.39 is 0 Å². The van der Waals surface area contributed by atoms with Crippen LogP contribution in [0.1, 0.15) is 40.7 Å². The number of aryl methyl sites for hydroxylation is 1. The molecule has 1 aliphatic heterocycles. The lowest BCUT2D eigenvalue weighted by Crippen LogP contribution is -2.29. The molecule has 4 rings (SSSR count). The lowest BCUT2D eigenvalue weighted by atomic mass is 10.1. The number of hydrogen-bond donors (Lipinski definition) is 1. The number of piperidine rings is 1. The third-order valence-electron chi connectivity index (χ3n) is 5.22. The maximum absolute atomic E-state index is 13.0. The largest absolute Gasteiger partial charge is 0.322 e. The molecule has 0 atom stereocenters. The van der Waals surface area contributed by atoms with E-state index in [1.54, 1.807) is 12.5 Å². The first kappa shape index (κ1) is 18.4. The first-order valence-corrected chi connectivity index (χ1v) is 9.91. The Kier molecular flexibility index (Phi) is 5.53. The minimum absolute atomic E-state index is 0.109. The Hall–Kier alpha value is -2.92. The van der Waals surface area contributed by atoms with Crippen molar-refractivity contribution in [1.29, 1.82) is 0 Å². The molecule has 0 aliphatic carbocycles. The monoisotopic (exact) mass is 374 g/mol. The molecule has 0 unspecified atom stereocenters. The quantitative estimate of drug-likeness (QED) is 0.719. The molecule has 1 fully saturated rings. The van der Waals surface area contributed by atoms with E-state index in [1.165, 1.54) is 24.8 Å². The lowest BCUT2D eigenvalue weighted by molar-refractivity contribution is 0.102. The molecule has 5 nitrogen and oxygen atoms in total. The van der Waals surface area contributed by atoms with E-state index in [2.05, 4.69) is 27.3 Å². The zero-order chi connectivity index (χ0) is 19.3. The number of anilines is 1. The summed E-state index contributed by atoms with van der Waals surface area (Å²) < 4.78 is 1.86. The molecule has 144 valence electrons. The summed E-state index contributed by atoms with van der Waals surface area (Å²) in [5, 5.41) is 3.07. The van der Waals surface area contributed by atoms with E-state index in [0.717, 1.165) is 36.6 Å². The molecule has 0 bridgehead atoms. The van der Waals surface area contributed by atoms with Crippen LogP contribution in [-0.2, 0) is 6.54 Å². The van der Waals surface area contributed by atoms with Crippen molar-refractivity contribution in [2.24, 2.45) is 0 Å². The van der Waals surface area contributed by atoms with Crippen LogP contribution in [0.2, 0.25) is 0 Å². The summed E-state index contributed by atoms with van der Waals surface area (Å²) in [5.41, 5.74) is 4.58. The van der Waals surface area contributed by atoms with Crippen LogP contribution in [0.3, 0.4) is 0 Å². The maximum Gasteiger partial charge on any atom is 0.257 e. The normalized spacial score (nSPS) is 14.8. The van der Waals surface area contributed by atoms with E-state index in [1.807, 2.05) is 48.0 Å². The SMILES string of the molecule is Cc1ccc(-n2ccnc2)c(C(=O)Nc2cccc(CN3CCCCC3)c2)c1. The van der Waals surface area contributed by atoms with Crippen LogP contribution in [-0.4, -0.2) is 33.4 Å². The number of nitrogens with one attached hydrogen (secondary N) is 1. The van der Waals surface area contributed by atoms with E-state index in [-0.39, 0.29) is 5.91 Å². The molecule has 3 aromatic rings. The highest BCUT2D eigenvalue weighted by molar-refractivity contribution is 6.07. The molecule has 0 radical (unpaired) electrons. The fourth-order valence-corrected chi connectivity index (χ4v) is 3.78. The summed E-state index contributed by atoms with van der Waals surface area (Å²) >= 11 is 0. The van der Waals surface area contributed by atoms with Crippen LogP contribution in [0.25, 0.3) is 5.69 Å². The number of imidazole rings is 1. The summed E-state index contributed by atoms with van der Waals surface area (Å²) in [6, 6.07) is 14.1. The van der Waals surface area contributed by atoms with Gasteiger partial charge in [-0.2, -0.15) is 0 Å². The van der Waals surface area contributed by atoms with Crippen molar-refractivity contribution in [3.05, 3.63) is 77.9 Å². The van der Waals surface area contributed by atoms with Crippen LogP contribution in [0.5, 0.6) is 0 Å². The van der Waals surface area contributed by atoms with Crippen molar-refractivity contribution < 1.29 is 4.79 Å². The number of benzene rings is 2. The van der Waals surface area contributed by atoms with Crippen LogP contribution < -0.4 is 5.32 Å². The van der Waals surface area contributed by atoms with Gasteiger partial charge in [0.1, 0.15) is 0 Å². The summed E-state index contributed by atoms with van der Waals surface area (Å²) in [6.07, 6.45) is 9.16. The first-order valence-electron chi connectivity index (χ1n) is 9.91. The predicted octanol–water partition coefficient (Wildman–Crippen LogP) is 4.42. The predicted molar refractivity (Wildman–Crippen MR) is 112 cm³/mol. The molecule has 1 N–H and O–H groups in total. The van der Waals surface area contributed by atoms with Gasteiger partial charge in [-0.1, -0.05) is 30.2 Å². The van der Waals surface area contributed by atoms with Gasteiger partial charge >= 0.3 is 0 Å². The van der Waals surface area contributed by atoms with Gasteiger partial charge < -0.3 is 9.88 Å². The highest BCUT2D eigenvalue weighted by Crippen LogP contribution is 2.20. The maximum atomic E-state index is 13.0. The Morgan fingerprint density at radius 3 is 2.75 bits per heavy atom. The molecule has 1 aliphatic rings. The van der Waals surface area contributed by atoms with Gasteiger partial charge in [-0.3, -0.25) is 9.69 Å². The van der Waals surface area contributed by atoms with Gasteiger partial charge in [-0.15, -0.1) is 0 Å². The summed E-state index contributed by atoms with van der Waals surface area (Å²) in [7, 11) is 0. The van der Waals surface area contributed by atoms with Gasteiger partial charge in [-0.05, 0) is 62.7 Å². The van der Waals surface area contributed by atoms with Crippen molar-refractivity contribution in [1.82, 2.24) is 14.5 Å². The first-order chi connectivity index (χ1) is 13.7. The minimum Gasteiger partial charge on any atom is -0.322 e. The van der Waals surface area contributed by atoms with Crippen LogP contribution in [0.4, 0.5) is 5.69 Å². The Morgan fingerprint density at radius 1 is 1.11 bits per heavy atom. The Labute approximate surface area is 166 Å². The summed E-state index contributed by atoms with van der Waals surface area (Å²) in [6.45, 7) is 5.25. The topological polar surface area (TPSA) is 50.2 Å². The Balaban J connectivity index is 1.53. The van der Waals surface area contributed by atoms with Crippen LogP contribution in [0.15, 0.2) is 61.2 Å². The van der Waals surface area contributed by atoms with E-state index in [4.69, 9.17) is 0 Å². The highest BCUT2D eigenvalue weighted by Gasteiger charge is 2.15. The molecule has 1 amide bonds. The van der Waals surface area contributed by atoms with Crippen molar-refractivity contribution in [3.63, 3.8) is 0 Å². The van der Waals surface area contributed by atoms with Crippen molar-refractivity contribution in [3.8, 4) is 5.69 Å². The Bertz CT molecular complexity index is 943. The molecule has 0 spiro atoms. The zero-order valence-corrected chi connectivity index (χ0v) is 16.3. The highest BCUT2D eigenvalue weighted by atomic mass is 16.1. The van der Waals surface area contributed by atoms with E-state index in [9.17, 15) is 4.79 Å². The molecular weight excluding hydrogens is 348 g/mol. The minimum atomic E-state index is -0.109. The number of hydrogen-bond acceptors (Lipinski definition) is 3. The number of aromatic nitrogens is 2. The van der Waals surface area contributed by atoms with Gasteiger partial charge in [-0.25, -0.2) is 4.98 Å². The zero-order valence-electron chi connectivity index (χ0n) is 16.3. The molecule has 2 heterocycles. The smallest absolute Gasteiger partial charge is 0.257 e. The molecule has 28 heavy (non-hydrogen) atoms. The third kappa shape index (κ3) is 4.31. The number of rotatable bonds is 5. The van der Waals surface area contributed by atoms with Crippen LogP contribution in [0, 0.1) is 6.92 Å². The van der Waals surface area contributed by atoms with Gasteiger partial charge in [0.15, 0.2) is 0 Å². The molecule has 0 saturated carbocycles. The number of likely N-dealkylation sites (tertiary alicyclic amines) is 1. The van der Waals surface area contributed by atoms with E-state index >= 15 is 0 Å². The second-order valence-electron chi connectivity index (χ2n) is 7.48. The molecule has 1 aromatic heterocycles. The number of nitrogens with zero attached hydrogens (tertiary/aromatic N) is 3. The number of amides is 1. The Morgan fingerprint density at radius 2 is 1.96 bits per heavy atom. The molecule has 2 aromatic carbocycles. The van der Waals surface area contributed by atoms with E-state index in [0.29, 0.717) is 5.56 Å². The van der Waals surface area contributed by atoms with Crippen molar-refractivity contribution in [2.75, 3.05) is 18.4 Å². The average molecular weight is 374 g/mol. The third-order valence-corrected chi connectivity index (χ3v) is 5.22. The van der Waals surface area contributed by atoms with Gasteiger partial charge in [0.05, 0.1) is 17.6 Å². The average Bonchev–Trinajstić information content (AvgIpc) is 3.23. The summed E-state index contributed by atoms with van der Waals surface area (Å²) in [5.74, 6) is -0.109. The van der Waals surface area contributed by atoms with Crippen molar-refractivity contribution >= 4 is 11.6 Å². The van der Waals surface area contributed by atoms with Gasteiger partial charge in [0, 0.05) is 24.6 Å². The number of carbonyl (C=O) groups is 1. The van der Waals surface area contributed by atoms with Gasteiger partial charge in [0.2, 0.25) is 0 Å². The lowest BCUT2D eigenvalue weighted by Gasteiger charge is -2.26. The standard InChI is InChI=1S/C23H26N4O/c1-18-8-9-22(27-13-10-24-17-27)21(14-18)23(28)25-20-7-5-6-19(15-20)16-26-11-3-2-4-12-26/h5-10,13-15,17H,2-4,11-12,16H2,1H3,(H,25,28).